The number of urea groups is 1. The molecule has 0 saturated heterocycles. The zero-order chi connectivity index (χ0) is 12.5. The number of hydrogen-bond donors (Lipinski definition) is 2. The quantitative estimate of drug-likeness (QED) is 0.744. The molecule has 17 heavy (non-hydrogen) atoms. The second kappa shape index (κ2) is 7.65. The topological polar surface area (TPSA) is 54.0 Å². The van der Waals surface area contributed by atoms with Gasteiger partial charge in [-0.3, -0.25) is 5.32 Å². The fourth-order valence-corrected chi connectivity index (χ4v) is 1.46. The third-order valence-corrected chi connectivity index (χ3v) is 2.47. The molecular weight excluding hydrogens is 214 g/mol. The van der Waals surface area contributed by atoms with Gasteiger partial charge in [-0.15, -0.1) is 0 Å². The minimum absolute atomic E-state index is 0.183. The molecule has 0 radical (unpaired) electrons. The summed E-state index contributed by atoms with van der Waals surface area (Å²) in [6.07, 6.45) is 6.36. The van der Waals surface area contributed by atoms with Gasteiger partial charge >= 0.3 is 6.03 Å². The molecule has 2 amide bonds. The first-order valence-electron chi connectivity index (χ1n) is 6.20. The van der Waals surface area contributed by atoms with Crippen molar-refractivity contribution in [3.8, 4) is 0 Å². The van der Waals surface area contributed by atoms with Crippen LogP contribution in [0.5, 0.6) is 0 Å². The van der Waals surface area contributed by atoms with Crippen LogP contribution in [0, 0.1) is 6.92 Å². The Kier molecular flexibility index (Phi) is 6.07. The zero-order valence-electron chi connectivity index (χ0n) is 10.6. The van der Waals surface area contributed by atoms with Crippen LogP contribution in [0.15, 0.2) is 18.3 Å². The van der Waals surface area contributed by atoms with Crippen LogP contribution in [0.2, 0.25) is 0 Å². The molecule has 4 heteroatoms. The summed E-state index contributed by atoms with van der Waals surface area (Å²) >= 11 is 0. The number of rotatable bonds is 6. The summed E-state index contributed by atoms with van der Waals surface area (Å²) in [6, 6.07) is 3.54. The number of aryl methyl sites for hydroxylation is 1. The molecule has 0 saturated carbocycles. The van der Waals surface area contributed by atoms with E-state index in [-0.39, 0.29) is 6.03 Å². The van der Waals surface area contributed by atoms with Gasteiger partial charge in [0, 0.05) is 12.7 Å². The summed E-state index contributed by atoms with van der Waals surface area (Å²) in [5.74, 6) is 0.585. The Balaban J connectivity index is 2.18. The van der Waals surface area contributed by atoms with E-state index in [9.17, 15) is 4.79 Å². The Labute approximate surface area is 103 Å². The van der Waals surface area contributed by atoms with Crippen molar-refractivity contribution in [2.75, 3.05) is 11.9 Å². The van der Waals surface area contributed by atoms with E-state index in [0.29, 0.717) is 5.82 Å². The number of nitrogens with zero attached hydrogens (tertiary/aromatic N) is 1. The molecule has 0 aliphatic heterocycles. The van der Waals surface area contributed by atoms with Crippen LogP contribution in [-0.2, 0) is 0 Å². The normalized spacial score (nSPS) is 10.0. The second-order valence-corrected chi connectivity index (χ2v) is 4.16. The third kappa shape index (κ3) is 5.90. The first kappa shape index (κ1) is 13.5. The molecule has 0 spiro atoms. The van der Waals surface area contributed by atoms with Gasteiger partial charge in [-0.1, -0.05) is 32.3 Å². The summed E-state index contributed by atoms with van der Waals surface area (Å²) in [4.78, 5) is 15.6. The van der Waals surface area contributed by atoms with E-state index >= 15 is 0 Å². The SMILES string of the molecule is CCCCCCNC(=O)Nc1ccc(C)cn1. The van der Waals surface area contributed by atoms with Gasteiger partial charge in [0.2, 0.25) is 0 Å². The number of aromatic nitrogens is 1. The molecule has 2 N–H and O–H groups in total. The number of nitrogens with one attached hydrogen (secondary N) is 2. The van der Waals surface area contributed by atoms with Gasteiger partial charge in [-0.2, -0.15) is 0 Å². The lowest BCUT2D eigenvalue weighted by Crippen LogP contribution is -2.29. The fourth-order valence-electron chi connectivity index (χ4n) is 1.46. The van der Waals surface area contributed by atoms with Gasteiger partial charge in [-0.05, 0) is 25.0 Å². The summed E-state index contributed by atoms with van der Waals surface area (Å²) in [5, 5.41) is 5.51. The van der Waals surface area contributed by atoms with Crippen molar-refractivity contribution in [2.45, 2.75) is 39.5 Å². The van der Waals surface area contributed by atoms with E-state index < -0.39 is 0 Å². The van der Waals surface area contributed by atoms with E-state index in [1.165, 1.54) is 19.3 Å². The lowest BCUT2D eigenvalue weighted by Gasteiger charge is -2.06. The number of amides is 2. The highest BCUT2D eigenvalue weighted by Crippen LogP contribution is 2.03. The maximum atomic E-state index is 11.5. The van der Waals surface area contributed by atoms with E-state index in [1.54, 1.807) is 12.3 Å². The molecule has 4 nitrogen and oxygen atoms in total. The highest BCUT2D eigenvalue weighted by atomic mass is 16.2. The molecule has 94 valence electrons. The number of anilines is 1. The zero-order valence-corrected chi connectivity index (χ0v) is 10.6. The Morgan fingerprint density at radius 3 is 2.76 bits per heavy atom. The lowest BCUT2D eigenvalue weighted by molar-refractivity contribution is 0.252. The lowest BCUT2D eigenvalue weighted by atomic mass is 10.2. The fraction of sp³-hybridized carbons (Fsp3) is 0.538. The number of carbonyl (C=O) groups excluding carboxylic acids is 1. The highest BCUT2D eigenvalue weighted by Gasteiger charge is 2.00. The molecule has 1 rings (SSSR count). The van der Waals surface area contributed by atoms with Crippen molar-refractivity contribution < 1.29 is 4.79 Å². The van der Waals surface area contributed by atoms with Crippen molar-refractivity contribution >= 4 is 11.8 Å². The molecular formula is C13H21N3O. The average Bonchev–Trinajstić information content (AvgIpc) is 2.32. The van der Waals surface area contributed by atoms with E-state index in [0.717, 1.165) is 18.5 Å². The van der Waals surface area contributed by atoms with Crippen molar-refractivity contribution in [1.29, 1.82) is 0 Å². The van der Waals surface area contributed by atoms with Gasteiger partial charge in [0.05, 0.1) is 0 Å². The minimum atomic E-state index is -0.183. The smallest absolute Gasteiger partial charge is 0.320 e. The monoisotopic (exact) mass is 235 g/mol. The van der Waals surface area contributed by atoms with Crippen LogP contribution in [0.1, 0.15) is 38.2 Å². The molecule has 0 bridgehead atoms. The van der Waals surface area contributed by atoms with Crippen LogP contribution in [0.4, 0.5) is 10.6 Å². The van der Waals surface area contributed by atoms with Gasteiger partial charge in [-0.25, -0.2) is 9.78 Å². The first-order valence-corrected chi connectivity index (χ1v) is 6.20. The molecule has 0 unspecified atom stereocenters. The molecule has 0 aromatic carbocycles. The molecule has 0 aliphatic carbocycles. The third-order valence-electron chi connectivity index (χ3n) is 2.47. The molecule has 0 aliphatic rings. The number of carbonyl (C=O) groups is 1. The summed E-state index contributed by atoms with van der Waals surface area (Å²) < 4.78 is 0. The predicted octanol–water partition coefficient (Wildman–Crippen LogP) is 3.09. The van der Waals surface area contributed by atoms with E-state index in [1.807, 2.05) is 13.0 Å². The van der Waals surface area contributed by atoms with E-state index in [4.69, 9.17) is 0 Å². The Hall–Kier alpha value is -1.58. The highest BCUT2D eigenvalue weighted by molar-refractivity contribution is 5.88. The van der Waals surface area contributed by atoms with Gasteiger partial charge in [0.1, 0.15) is 5.82 Å². The van der Waals surface area contributed by atoms with Gasteiger partial charge in [0.15, 0.2) is 0 Å². The molecule has 1 aromatic rings. The van der Waals surface area contributed by atoms with Crippen molar-refractivity contribution in [2.24, 2.45) is 0 Å². The average molecular weight is 235 g/mol. The van der Waals surface area contributed by atoms with Crippen LogP contribution in [-0.4, -0.2) is 17.6 Å². The Morgan fingerprint density at radius 2 is 2.12 bits per heavy atom. The molecule has 0 fully saturated rings. The van der Waals surface area contributed by atoms with Crippen LogP contribution < -0.4 is 10.6 Å². The number of pyridine rings is 1. The standard InChI is InChI=1S/C13H21N3O/c1-3-4-5-6-9-14-13(17)16-12-8-7-11(2)10-15-12/h7-8,10H,3-6,9H2,1-2H3,(H2,14,15,16,17). The summed E-state index contributed by atoms with van der Waals surface area (Å²) in [5.41, 5.74) is 1.08. The number of hydrogen-bond acceptors (Lipinski definition) is 2. The largest absolute Gasteiger partial charge is 0.338 e. The minimum Gasteiger partial charge on any atom is -0.338 e. The molecule has 1 heterocycles. The molecule has 0 atom stereocenters. The maximum absolute atomic E-state index is 11.5. The summed E-state index contributed by atoms with van der Waals surface area (Å²) in [6.45, 7) is 4.85. The number of unbranched alkanes of at least 4 members (excludes halogenated alkanes) is 3. The second-order valence-electron chi connectivity index (χ2n) is 4.16. The first-order chi connectivity index (χ1) is 8.22. The van der Waals surface area contributed by atoms with Gasteiger partial charge < -0.3 is 5.32 Å². The van der Waals surface area contributed by atoms with Gasteiger partial charge in [0.25, 0.3) is 0 Å². The van der Waals surface area contributed by atoms with Crippen molar-refractivity contribution in [3.63, 3.8) is 0 Å². The predicted molar refractivity (Wildman–Crippen MR) is 70.1 cm³/mol. The maximum Gasteiger partial charge on any atom is 0.320 e. The summed E-state index contributed by atoms with van der Waals surface area (Å²) in [7, 11) is 0. The van der Waals surface area contributed by atoms with Crippen molar-refractivity contribution in [1.82, 2.24) is 10.3 Å². The Morgan fingerprint density at radius 1 is 1.29 bits per heavy atom. The van der Waals surface area contributed by atoms with Crippen LogP contribution in [0.3, 0.4) is 0 Å². The Bertz CT molecular complexity index is 335. The van der Waals surface area contributed by atoms with Crippen LogP contribution in [0.25, 0.3) is 0 Å². The van der Waals surface area contributed by atoms with Crippen LogP contribution >= 0.6 is 0 Å². The van der Waals surface area contributed by atoms with Crippen molar-refractivity contribution in [3.05, 3.63) is 23.9 Å². The molecule has 1 aromatic heterocycles. The van der Waals surface area contributed by atoms with E-state index in [2.05, 4.69) is 22.5 Å².